The zero-order chi connectivity index (χ0) is 28.2. The molecule has 9 nitrogen and oxygen atoms in total. The minimum absolute atomic E-state index is 0. The summed E-state index contributed by atoms with van der Waals surface area (Å²) in [5, 5.41) is 17.8. The van der Waals surface area contributed by atoms with Crippen LogP contribution in [0.4, 0.5) is 24.0 Å². The first-order valence-corrected chi connectivity index (χ1v) is 13.2. The zero-order valence-corrected chi connectivity index (χ0v) is 23.3. The fourth-order valence-corrected chi connectivity index (χ4v) is 6.08. The average molecular weight is 608 g/mol. The van der Waals surface area contributed by atoms with Gasteiger partial charge in [0, 0.05) is 42.3 Å². The van der Waals surface area contributed by atoms with Gasteiger partial charge in [-0.25, -0.2) is 4.98 Å². The summed E-state index contributed by atoms with van der Waals surface area (Å²) in [6.45, 7) is 2.71. The molecule has 1 saturated heterocycles. The van der Waals surface area contributed by atoms with E-state index in [-0.39, 0.29) is 74.6 Å². The van der Waals surface area contributed by atoms with Crippen LogP contribution in [0.3, 0.4) is 0 Å². The molecule has 2 fully saturated rings. The van der Waals surface area contributed by atoms with Gasteiger partial charge in [0.1, 0.15) is 5.69 Å². The Hall–Kier alpha value is -2.69. The molecule has 1 unspecified atom stereocenters. The number of carboxylic acid groups (broad SMARTS) is 1. The SMILES string of the molecule is Cc1[nH]c(C(=O)NC2[C@H]3CN(c4nc(CC(=O)Nc5cccc(C(F)(F)F)c5)c(C(=O)[O-])s4)C[C@@H]23)c(Cl)c1Cl.[Li+]. The zero-order valence-electron chi connectivity index (χ0n) is 21.0. The van der Waals surface area contributed by atoms with Crippen molar-refractivity contribution >= 4 is 63.1 Å². The monoisotopic (exact) mass is 607 g/mol. The second-order valence-electron chi connectivity index (χ2n) is 9.35. The van der Waals surface area contributed by atoms with Crippen molar-refractivity contribution in [2.45, 2.75) is 25.6 Å². The van der Waals surface area contributed by atoms with Gasteiger partial charge in [0.15, 0.2) is 5.13 Å². The standard InChI is InChI=1S/C24H20Cl2F3N5O4S.Li/c1-9-16(25)17(26)19(30-9)21(36)33-18-12-7-34(8-13(12)18)23-32-14(20(39-23)22(37)38)6-15(35)31-11-4-2-3-10(5-11)24(27,28)29;/h2-5,12-13,18,30H,6-8H2,1H3,(H,31,35)(H,33,36)(H,37,38);/q;+1/p-1/t12-,13+,18?;. The molecule has 3 atom stereocenters. The smallest absolute Gasteiger partial charge is 0.544 e. The van der Waals surface area contributed by atoms with E-state index in [0.29, 0.717) is 23.9 Å². The number of rotatable bonds is 7. The van der Waals surface area contributed by atoms with E-state index >= 15 is 0 Å². The molecule has 16 heteroatoms. The van der Waals surface area contributed by atoms with Crippen LogP contribution in [0.15, 0.2) is 24.3 Å². The van der Waals surface area contributed by atoms with Crippen molar-refractivity contribution in [3.63, 3.8) is 0 Å². The fourth-order valence-electron chi connectivity index (χ4n) is 4.73. The maximum Gasteiger partial charge on any atom is 1.00 e. The van der Waals surface area contributed by atoms with Crippen molar-refractivity contribution in [1.82, 2.24) is 15.3 Å². The molecule has 2 amide bonds. The fraction of sp³-hybridized carbons (Fsp3) is 0.333. The number of anilines is 2. The van der Waals surface area contributed by atoms with Gasteiger partial charge in [-0.2, -0.15) is 13.2 Å². The number of hydrogen-bond donors (Lipinski definition) is 3. The molecule has 2 aromatic heterocycles. The van der Waals surface area contributed by atoms with Gasteiger partial charge < -0.3 is 30.4 Å². The first-order chi connectivity index (χ1) is 18.3. The van der Waals surface area contributed by atoms with E-state index in [1.165, 1.54) is 6.07 Å². The van der Waals surface area contributed by atoms with Gasteiger partial charge in [0.25, 0.3) is 5.91 Å². The van der Waals surface area contributed by atoms with Crippen LogP contribution in [0.25, 0.3) is 0 Å². The van der Waals surface area contributed by atoms with E-state index in [9.17, 15) is 32.7 Å². The van der Waals surface area contributed by atoms with Crippen LogP contribution >= 0.6 is 34.5 Å². The number of carbonyl (C=O) groups is 3. The molecule has 0 radical (unpaired) electrons. The van der Waals surface area contributed by atoms with Gasteiger partial charge >= 0.3 is 25.0 Å². The Balaban J connectivity index is 0.00000370. The van der Waals surface area contributed by atoms with Crippen molar-refractivity contribution in [1.29, 1.82) is 0 Å². The topological polar surface area (TPSA) is 130 Å². The molecular formula is C24H19Cl2F3LiN5O4S. The number of aromatic nitrogens is 2. The van der Waals surface area contributed by atoms with Gasteiger partial charge in [-0.1, -0.05) is 40.6 Å². The molecule has 3 N–H and O–H groups in total. The van der Waals surface area contributed by atoms with Crippen LogP contribution in [-0.2, 0) is 17.4 Å². The number of benzene rings is 1. The molecule has 0 spiro atoms. The number of carboxylic acids is 1. The number of alkyl halides is 3. The molecule has 0 bridgehead atoms. The number of H-pyrrole nitrogens is 1. The number of thiazole rings is 1. The number of aromatic carboxylic acids is 1. The number of piperidine rings is 1. The van der Waals surface area contributed by atoms with Crippen LogP contribution in [0.1, 0.15) is 37.1 Å². The Morgan fingerprint density at radius 3 is 2.45 bits per heavy atom. The Morgan fingerprint density at radius 2 is 1.88 bits per heavy atom. The van der Waals surface area contributed by atoms with Gasteiger partial charge in [-0.05, 0) is 25.1 Å². The normalized spacial score (nSPS) is 19.6. The number of aromatic amines is 1. The minimum Gasteiger partial charge on any atom is -0.544 e. The van der Waals surface area contributed by atoms with E-state index in [4.69, 9.17) is 23.2 Å². The van der Waals surface area contributed by atoms with E-state index in [1.54, 1.807) is 6.92 Å². The number of carbonyl (C=O) groups excluding carboxylic acids is 3. The molecule has 1 aliphatic heterocycles. The predicted molar refractivity (Wildman–Crippen MR) is 136 cm³/mol. The van der Waals surface area contributed by atoms with Crippen molar-refractivity contribution in [2.24, 2.45) is 11.8 Å². The Labute approximate surface area is 251 Å². The summed E-state index contributed by atoms with van der Waals surface area (Å²) in [5.74, 6) is -2.38. The molecular weight excluding hydrogens is 589 g/mol. The van der Waals surface area contributed by atoms with Crippen LogP contribution in [0.2, 0.25) is 10.0 Å². The maximum absolute atomic E-state index is 12.9. The molecule has 5 rings (SSSR count). The molecule has 3 heterocycles. The third-order valence-electron chi connectivity index (χ3n) is 6.72. The number of fused-ring (bicyclic) bond motifs is 1. The van der Waals surface area contributed by atoms with E-state index < -0.39 is 30.0 Å². The van der Waals surface area contributed by atoms with E-state index in [2.05, 4.69) is 20.6 Å². The van der Waals surface area contributed by atoms with Crippen molar-refractivity contribution in [3.05, 3.63) is 61.8 Å². The summed E-state index contributed by atoms with van der Waals surface area (Å²) in [7, 11) is 0. The quantitative estimate of drug-likeness (QED) is 0.336. The second kappa shape index (κ2) is 11.3. The number of hydrogen-bond acceptors (Lipinski definition) is 7. The number of nitrogens with one attached hydrogen (secondary N) is 3. The minimum atomic E-state index is -4.58. The third kappa shape index (κ3) is 5.99. The summed E-state index contributed by atoms with van der Waals surface area (Å²) in [4.78, 5) is 45.6. The van der Waals surface area contributed by atoms with Crippen LogP contribution in [-0.4, -0.2) is 46.9 Å². The van der Waals surface area contributed by atoms with E-state index in [1.807, 2.05) is 4.90 Å². The summed E-state index contributed by atoms with van der Waals surface area (Å²) in [6.07, 6.45) is -5.04. The molecule has 3 aromatic rings. The summed E-state index contributed by atoms with van der Waals surface area (Å²) in [6, 6.07) is 4.02. The van der Waals surface area contributed by atoms with E-state index in [0.717, 1.165) is 29.5 Å². The Bertz CT molecular complexity index is 1490. The largest absolute Gasteiger partial charge is 1.00 e. The summed E-state index contributed by atoms with van der Waals surface area (Å²) >= 11 is 13.0. The molecule has 1 aromatic carbocycles. The average Bonchev–Trinajstić information content (AvgIpc) is 3.21. The molecule has 1 saturated carbocycles. The molecule has 206 valence electrons. The van der Waals surface area contributed by atoms with Crippen LogP contribution < -0.4 is 39.5 Å². The van der Waals surface area contributed by atoms with Gasteiger partial charge in [-0.15, -0.1) is 0 Å². The summed E-state index contributed by atoms with van der Waals surface area (Å²) in [5.41, 5.74) is -0.276. The number of nitrogens with zero attached hydrogens (tertiary/aromatic N) is 2. The molecule has 1 aliphatic carbocycles. The van der Waals surface area contributed by atoms with Crippen molar-refractivity contribution < 1.29 is 51.5 Å². The summed E-state index contributed by atoms with van der Waals surface area (Å²) < 4.78 is 38.8. The van der Waals surface area contributed by atoms with Gasteiger partial charge in [0.2, 0.25) is 5.91 Å². The number of halogens is 5. The first kappa shape index (κ1) is 30.3. The predicted octanol–water partition coefficient (Wildman–Crippen LogP) is 0.519. The number of aryl methyl sites for hydroxylation is 1. The van der Waals surface area contributed by atoms with Gasteiger partial charge in [0.05, 0.1) is 38.6 Å². The second-order valence-corrected chi connectivity index (χ2v) is 11.1. The molecule has 40 heavy (non-hydrogen) atoms. The number of amides is 2. The van der Waals surface area contributed by atoms with Gasteiger partial charge in [-0.3, -0.25) is 9.59 Å². The van der Waals surface area contributed by atoms with Crippen LogP contribution in [0.5, 0.6) is 0 Å². The van der Waals surface area contributed by atoms with Crippen molar-refractivity contribution in [2.75, 3.05) is 23.3 Å². The molecule has 2 aliphatic rings. The Morgan fingerprint density at radius 1 is 1.20 bits per heavy atom. The van der Waals surface area contributed by atoms with Crippen molar-refractivity contribution in [3.8, 4) is 0 Å². The Kier molecular flexibility index (Phi) is 8.55. The third-order valence-corrected chi connectivity index (χ3v) is 8.80. The first-order valence-electron chi connectivity index (χ1n) is 11.6. The maximum atomic E-state index is 12.9. The van der Waals surface area contributed by atoms with Crippen LogP contribution in [0, 0.1) is 18.8 Å².